The van der Waals surface area contributed by atoms with Crippen molar-refractivity contribution in [2.75, 3.05) is 14.2 Å². The first-order chi connectivity index (χ1) is 9.40. The quantitative estimate of drug-likeness (QED) is 0.810. The zero-order chi connectivity index (χ0) is 15.3. The molecule has 0 amide bonds. The highest BCUT2D eigenvalue weighted by molar-refractivity contribution is 5.85. The molecule has 3 N–H and O–H groups in total. The van der Waals surface area contributed by atoms with Gasteiger partial charge < -0.3 is 20.3 Å². The molecule has 0 unspecified atom stereocenters. The number of aliphatic hydroxyl groups excluding tert-OH is 1. The molecule has 0 saturated carbocycles. The summed E-state index contributed by atoms with van der Waals surface area (Å²) in [6.45, 7) is 4.13. The van der Waals surface area contributed by atoms with E-state index < -0.39 is 18.0 Å². The Balaban J connectivity index is 0.00000400. The van der Waals surface area contributed by atoms with E-state index in [9.17, 15) is 9.50 Å². The first-order valence-electron chi connectivity index (χ1n) is 6.75. The van der Waals surface area contributed by atoms with Crippen molar-refractivity contribution in [1.82, 2.24) is 0 Å². The van der Waals surface area contributed by atoms with Crippen molar-refractivity contribution in [2.24, 2.45) is 11.7 Å². The van der Waals surface area contributed by atoms with Gasteiger partial charge in [0.2, 0.25) is 0 Å². The van der Waals surface area contributed by atoms with Crippen molar-refractivity contribution >= 4 is 12.4 Å². The van der Waals surface area contributed by atoms with Crippen LogP contribution in [0.1, 0.15) is 38.3 Å². The van der Waals surface area contributed by atoms with Crippen molar-refractivity contribution in [1.29, 1.82) is 0 Å². The topological polar surface area (TPSA) is 64.7 Å². The van der Waals surface area contributed by atoms with Crippen molar-refractivity contribution < 1.29 is 19.0 Å². The lowest BCUT2D eigenvalue weighted by atomic mass is 9.95. The van der Waals surface area contributed by atoms with Crippen LogP contribution in [0.3, 0.4) is 0 Å². The van der Waals surface area contributed by atoms with Crippen LogP contribution < -0.4 is 15.2 Å². The van der Waals surface area contributed by atoms with Crippen LogP contribution in [-0.4, -0.2) is 25.4 Å². The van der Waals surface area contributed by atoms with Crippen LogP contribution in [0.5, 0.6) is 11.5 Å². The van der Waals surface area contributed by atoms with E-state index in [0.717, 1.165) is 6.42 Å². The van der Waals surface area contributed by atoms with Gasteiger partial charge in [-0.2, -0.15) is 0 Å². The molecular formula is C15H25ClFNO3. The molecular weight excluding hydrogens is 297 g/mol. The standard InChI is InChI=1S/C15H24FNO3.ClH/c1-9(2)5-6-12(18)15(17)10-7-13(19-3)14(20-4)8-11(10)16;/h7-9,12,15,18H,5-6,17H2,1-4H3;1H/t12-,15+;/m1./s1. The molecule has 6 heteroatoms. The maximum Gasteiger partial charge on any atom is 0.163 e. The normalized spacial score (nSPS) is 13.5. The van der Waals surface area contributed by atoms with Gasteiger partial charge in [0.25, 0.3) is 0 Å². The molecule has 0 radical (unpaired) electrons. The number of benzene rings is 1. The van der Waals surface area contributed by atoms with E-state index in [1.165, 1.54) is 26.4 Å². The zero-order valence-electron chi connectivity index (χ0n) is 12.9. The summed E-state index contributed by atoms with van der Waals surface area (Å²) in [5, 5.41) is 10.1. The Morgan fingerprint density at radius 1 is 1.14 bits per heavy atom. The van der Waals surface area contributed by atoms with E-state index in [-0.39, 0.29) is 18.0 Å². The number of ether oxygens (including phenoxy) is 2. The Morgan fingerprint density at radius 3 is 2.14 bits per heavy atom. The lowest BCUT2D eigenvalue weighted by Crippen LogP contribution is -2.27. The maximum absolute atomic E-state index is 14.0. The van der Waals surface area contributed by atoms with E-state index in [2.05, 4.69) is 13.8 Å². The minimum Gasteiger partial charge on any atom is -0.493 e. The fourth-order valence-electron chi connectivity index (χ4n) is 2.02. The number of nitrogens with two attached hydrogens (primary N) is 1. The number of halogens is 2. The number of methoxy groups -OCH3 is 2. The van der Waals surface area contributed by atoms with E-state index >= 15 is 0 Å². The maximum atomic E-state index is 14.0. The molecule has 1 aromatic rings. The van der Waals surface area contributed by atoms with Crippen LogP contribution in [-0.2, 0) is 0 Å². The summed E-state index contributed by atoms with van der Waals surface area (Å²) < 4.78 is 24.2. The van der Waals surface area contributed by atoms with Gasteiger partial charge in [0.15, 0.2) is 11.5 Å². The molecule has 0 fully saturated rings. The molecule has 0 aromatic heterocycles. The highest BCUT2D eigenvalue weighted by atomic mass is 35.5. The number of rotatable bonds is 7. The summed E-state index contributed by atoms with van der Waals surface area (Å²) in [6.07, 6.45) is 0.584. The third-order valence-corrected chi connectivity index (χ3v) is 3.32. The first-order valence-corrected chi connectivity index (χ1v) is 6.75. The zero-order valence-corrected chi connectivity index (χ0v) is 13.7. The van der Waals surface area contributed by atoms with Gasteiger partial charge in [-0.1, -0.05) is 13.8 Å². The van der Waals surface area contributed by atoms with Crippen molar-refractivity contribution in [3.05, 3.63) is 23.5 Å². The van der Waals surface area contributed by atoms with Gasteiger partial charge in [0, 0.05) is 11.6 Å². The smallest absolute Gasteiger partial charge is 0.163 e. The van der Waals surface area contributed by atoms with Crippen LogP contribution in [0.4, 0.5) is 4.39 Å². The third kappa shape index (κ3) is 5.34. The molecule has 0 aliphatic carbocycles. The molecule has 2 atom stereocenters. The Morgan fingerprint density at radius 2 is 1.67 bits per heavy atom. The molecule has 1 aromatic carbocycles. The second-order valence-electron chi connectivity index (χ2n) is 5.29. The van der Waals surface area contributed by atoms with Gasteiger partial charge in [0.1, 0.15) is 5.82 Å². The summed E-state index contributed by atoms with van der Waals surface area (Å²) in [5.41, 5.74) is 6.19. The van der Waals surface area contributed by atoms with Crippen LogP contribution in [0.15, 0.2) is 12.1 Å². The second kappa shape index (κ2) is 9.07. The van der Waals surface area contributed by atoms with Gasteiger partial charge >= 0.3 is 0 Å². The average molecular weight is 322 g/mol. The minimum absolute atomic E-state index is 0. The second-order valence-corrected chi connectivity index (χ2v) is 5.29. The summed E-state index contributed by atoms with van der Waals surface area (Å²) in [5.74, 6) is 0.666. The molecule has 0 aliphatic rings. The van der Waals surface area contributed by atoms with Crippen LogP contribution >= 0.6 is 12.4 Å². The lowest BCUT2D eigenvalue weighted by molar-refractivity contribution is 0.126. The van der Waals surface area contributed by atoms with Gasteiger partial charge in [-0.15, -0.1) is 12.4 Å². The summed E-state index contributed by atoms with van der Waals surface area (Å²) in [6, 6.07) is 1.93. The van der Waals surface area contributed by atoms with Crippen LogP contribution in [0, 0.1) is 11.7 Å². The van der Waals surface area contributed by atoms with Crippen LogP contribution in [0.2, 0.25) is 0 Å². The first kappa shape index (κ1) is 20.0. The molecule has 122 valence electrons. The van der Waals surface area contributed by atoms with Crippen molar-refractivity contribution in [3.8, 4) is 11.5 Å². The summed E-state index contributed by atoms with van der Waals surface area (Å²) in [7, 11) is 2.91. The third-order valence-electron chi connectivity index (χ3n) is 3.32. The number of aliphatic hydroxyl groups is 1. The van der Waals surface area contributed by atoms with E-state index in [1.807, 2.05) is 0 Å². The van der Waals surface area contributed by atoms with Gasteiger partial charge in [-0.25, -0.2) is 4.39 Å². The largest absolute Gasteiger partial charge is 0.493 e. The summed E-state index contributed by atoms with van der Waals surface area (Å²) in [4.78, 5) is 0. The predicted molar refractivity (Wildman–Crippen MR) is 83.8 cm³/mol. The fourth-order valence-corrected chi connectivity index (χ4v) is 2.02. The molecule has 0 bridgehead atoms. The molecule has 0 heterocycles. The van der Waals surface area contributed by atoms with Crippen molar-refractivity contribution in [3.63, 3.8) is 0 Å². The molecule has 1 rings (SSSR count). The van der Waals surface area contributed by atoms with Gasteiger partial charge in [0.05, 0.1) is 26.4 Å². The Kier molecular flexibility index (Phi) is 8.63. The highest BCUT2D eigenvalue weighted by Crippen LogP contribution is 2.33. The molecule has 4 nitrogen and oxygen atoms in total. The number of hydrogen-bond donors (Lipinski definition) is 2. The molecule has 21 heavy (non-hydrogen) atoms. The monoisotopic (exact) mass is 321 g/mol. The lowest BCUT2D eigenvalue weighted by Gasteiger charge is -2.21. The fraction of sp³-hybridized carbons (Fsp3) is 0.600. The van der Waals surface area contributed by atoms with Crippen LogP contribution in [0.25, 0.3) is 0 Å². The van der Waals surface area contributed by atoms with Gasteiger partial charge in [-0.05, 0) is 24.8 Å². The van der Waals surface area contributed by atoms with E-state index in [0.29, 0.717) is 23.8 Å². The predicted octanol–water partition coefficient (Wildman–Crippen LogP) is 3.06. The Bertz CT molecular complexity index is 443. The molecule has 0 saturated heterocycles. The van der Waals surface area contributed by atoms with Gasteiger partial charge in [-0.3, -0.25) is 0 Å². The number of hydrogen-bond acceptors (Lipinski definition) is 4. The van der Waals surface area contributed by atoms with E-state index in [4.69, 9.17) is 15.2 Å². The Hall–Kier alpha value is -1.04. The van der Waals surface area contributed by atoms with E-state index in [1.54, 1.807) is 0 Å². The SMILES string of the molecule is COc1cc(F)c([C@H](N)[C@H](O)CCC(C)C)cc1OC.Cl. The minimum atomic E-state index is -0.787. The average Bonchev–Trinajstić information content (AvgIpc) is 2.43. The highest BCUT2D eigenvalue weighted by Gasteiger charge is 2.22. The Labute approximate surface area is 131 Å². The van der Waals surface area contributed by atoms with Crippen molar-refractivity contribution in [2.45, 2.75) is 38.8 Å². The summed E-state index contributed by atoms with van der Waals surface area (Å²) >= 11 is 0. The molecule has 0 spiro atoms. The molecule has 0 aliphatic heterocycles.